The number of hydrogen-bond acceptors (Lipinski definition) is 6. The van der Waals surface area contributed by atoms with Gasteiger partial charge in [-0.05, 0) is 18.3 Å². The molecule has 0 unspecified atom stereocenters. The molecule has 1 aliphatic rings. The summed E-state index contributed by atoms with van der Waals surface area (Å²) in [6, 6.07) is -1.30. The van der Waals surface area contributed by atoms with E-state index in [2.05, 4.69) is 10.6 Å². The second-order valence-corrected chi connectivity index (χ2v) is 8.45. The molecule has 4 amide bonds. The van der Waals surface area contributed by atoms with Gasteiger partial charge >= 0.3 is 0 Å². The van der Waals surface area contributed by atoms with Gasteiger partial charge in [0.1, 0.15) is 25.3 Å². The van der Waals surface area contributed by atoms with Crippen LogP contribution in [0, 0.1) is 11.8 Å². The van der Waals surface area contributed by atoms with Crippen LogP contribution in [0.3, 0.4) is 0 Å². The molecule has 0 aliphatic carbocycles. The van der Waals surface area contributed by atoms with Crippen LogP contribution in [0.2, 0.25) is 0 Å². The fourth-order valence-electron chi connectivity index (χ4n) is 3.47. The molecule has 1 heterocycles. The fraction of sp³-hybridized carbons (Fsp3) is 0.810. The zero-order chi connectivity index (χ0) is 23.6. The monoisotopic (exact) mass is 442 g/mol. The number of nitrogens with one attached hydrogen (secondary N) is 2. The van der Waals surface area contributed by atoms with Crippen LogP contribution in [-0.2, 0) is 28.7 Å². The van der Waals surface area contributed by atoms with E-state index in [4.69, 9.17) is 9.47 Å². The summed E-state index contributed by atoms with van der Waals surface area (Å²) in [5.41, 5.74) is 0. The van der Waals surface area contributed by atoms with E-state index in [1.165, 1.54) is 14.2 Å². The number of methoxy groups -OCH3 is 2. The van der Waals surface area contributed by atoms with Gasteiger partial charge in [-0.1, -0.05) is 27.7 Å². The van der Waals surface area contributed by atoms with Crippen molar-refractivity contribution in [2.24, 2.45) is 11.8 Å². The maximum Gasteiger partial charge on any atom is 0.246 e. The Kier molecular flexibility index (Phi) is 11.5. The van der Waals surface area contributed by atoms with Gasteiger partial charge in [-0.25, -0.2) is 0 Å². The van der Waals surface area contributed by atoms with E-state index < -0.39 is 12.1 Å². The fourth-order valence-corrected chi connectivity index (χ4v) is 3.47. The maximum absolute atomic E-state index is 13.1. The first-order valence-corrected chi connectivity index (χ1v) is 10.8. The molecular formula is C21H38N4O6. The number of carbonyl (C=O) groups is 4. The van der Waals surface area contributed by atoms with Crippen molar-refractivity contribution in [2.75, 3.05) is 53.6 Å². The average molecular weight is 443 g/mol. The first-order chi connectivity index (χ1) is 14.6. The number of carbonyl (C=O) groups excluding carboxylic acids is 4. The molecule has 31 heavy (non-hydrogen) atoms. The molecule has 1 saturated heterocycles. The summed E-state index contributed by atoms with van der Waals surface area (Å²) in [6.07, 6.45) is 0.616. The number of ether oxygens (including phenoxy) is 2. The lowest BCUT2D eigenvalue weighted by Crippen LogP contribution is -2.54. The van der Waals surface area contributed by atoms with Gasteiger partial charge in [-0.3, -0.25) is 19.2 Å². The van der Waals surface area contributed by atoms with Crippen molar-refractivity contribution in [1.29, 1.82) is 0 Å². The van der Waals surface area contributed by atoms with Crippen LogP contribution in [0.15, 0.2) is 0 Å². The van der Waals surface area contributed by atoms with Crippen molar-refractivity contribution in [3.63, 3.8) is 0 Å². The zero-order valence-corrected chi connectivity index (χ0v) is 19.6. The second kappa shape index (κ2) is 13.3. The summed E-state index contributed by atoms with van der Waals surface area (Å²) >= 11 is 0. The molecular weight excluding hydrogens is 404 g/mol. The van der Waals surface area contributed by atoms with E-state index in [1.54, 1.807) is 9.80 Å². The van der Waals surface area contributed by atoms with Crippen LogP contribution in [0.1, 0.15) is 34.1 Å². The summed E-state index contributed by atoms with van der Waals surface area (Å²) in [5, 5.41) is 5.48. The number of hydrogen-bond donors (Lipinski definition) is 2. The first kappa shape index (κ1) is 26.8. The molecule has 0 spiro atoms. The van der Waals surface area contributed by atoms with E-state index >= 15 is 0 Å². The number of rotatable bonds is 10. The molecule has 0 aromatic carbocycles. The van der Waals surface area contributed by atoms with Crippen LogP contribution in [0.4, 0.5) is 0 Å². The Morgan fingerprint density at radius 1 is 0.710 bits per heavy atom. The van der Waals surface area contributed by atoms with Crippen LogP contribution < -0.4 is 10.6 Å². The van der Waals surface area contributed by atoms with Gasteiger partial charge < -0.3 is 29.9 Å². The van der Waals surface area contributed by atoms with Gasteiger partial charge in [-0.15, -0.1) is 0 Å². The summed E-state index contributed by atoms with van der Waals surface area (Å²) in [7, 11) is 2.85. The Hall–Kier alpha value is -2.20. The first-order valence-electron chi connectivity index (χ1n) is 10.8. The molecule has 178 valence electrons. The normalized spacial score (nSPS) is 16.6. The van der Waals surface area contributed by atoms with Crippen LogP contribution >= 0.6 is 0 Å². The summed E-state index contributed by atoms with van der Waals surface area (Å²) in [4.78, 5) is 53.4. The molecule has 2 N–H and O–H groups in total. The predicted octanol–water partition coefficient (Wildman–Crippen LogP) is -0.378. The average Bonchev–Trinajstić information content (AvgIpc) is 2.95. The lowest BCUT2D eigenvalue weighted by atomic mass is 10.0. The van der Waals surface area contributed by atoms with E-state index in [9.17, 15) is 19.2 Å². The highest BCUT2D eigenvalue weighted by Crippen LogP contribution is 2.13. The molecule has 10 nitrogen and oxygen atoms in total. The lowest BCUT2D eigenvalue weighted by Gasteiger charge is -2.30. The van der Waals surface area contributed by atoms with Crippen LogP contribution in [-0.4, -0.2) is 99.1 Å². The predicted molar refractivity (Wildman–Crippen MR) is 115 cm³/mol. The third-order valence-electron chi connectivity index (χ3n) is 5.17. The highest BCUT2D eigenvalue weighted by atomic mass is 16.5. The van der Waals surface area contributed by atoms with Gasteiger partial charge in [0.15, 0.2) is 0 Å². The smallest absolute Gasteiger partial charge is 0.246 e. The Morgan fingerprint density at radius 3 is 1.35 bits per heavy atom. The molecule has 0 radical (unpaired) electrons. The topological polar surface area (TPSA) is 117 Å². The van der Waals surface area contributed by atoms with Gasteiger partial charge in [0, 0.05) is 40.4 Å². The Labute approximate surface area is 185 Å². The molecule has 0 saturated carbocycles. The largest absolute Gasteiger partial charge is 0.375 e. The molecule has 0 aromatic rings. The van der Waals surface area contributed by atoms with Gasteiger partial charge in [0.05, 0.1) is 0 Å². The highest BCUT2D eigenvalue weighted by Gasteiger charge is 2.33. The van der Waals surface area contributed by atoms with E-state index in [0.29, 0.717) is 32.6 Å². The minimum Gasteiger partial charge on any atom is -0.375 e. The van der Waals surface area contributed by atoms with Gasteiger partial charge in [0.25, 0.3) is 0 Å². The Balaban J connectivity index is 2.80. The van der Waals surface area contributed by atoms with Crippen molar-refractivity contribution in [1.82, 2.24) is 20.4 Å². The van der Waals surface area contributed by atoms with E-state index in [-0.39, 0.29) is 48.7 Å². The Morgan fingerprint density at radius 2 is 1.06 bits per heavy atom. The van der Waals surface area contributed by atoms with Crippen molar-refractivity contribution in [2.45, 2.75) is 46.2 Å². The minimum absolute atomic E-state index is 0.0874. The van der Waals surface area contributed by atoms with E-state index in [0.717, 1.165) is 0 Å². The SMILES string of the molecule is COCC(=O)N[C@H](C(=O)N1CCCN(C(=O)[C@@H](NC(=O)COC)C(C)C)CC1)C(C)C. The maximum atomic E-state index is 13.1. The quantitative estimate of drug-likeness (QED) is 0.476. The van der Waals surface area contributed by atoms with Crippen molar-refractivity contribution in [3.05, 3.63) is 0 Å². The molecule has 2 atom stereocenters. The molecule has 0 aromatic heterocycles. The minimum atomic E-state index is -0.651. The Bertz CT molecular complexity index is 573. The van der Waals surface area contributed by atoms with E-state index in [1.807, 2.05) is 27.7 Å². The third kappa shape index (κ3) is 8.45. The molecule has 0 bridgehead atoms. The lowest BCUT2D eigenvalue weighted by molar-refractivity contribution is -0.140. The third-order valence-corrected chi connectivity index (χ3v) is 5.17. The molecule has 1 aliphatic heterocycles. The zero-order valence-electron chi connectivity index (χ0n) is 19.6. The number of amides is 4. The number of nitrogens with zero attached hydrogens (tertiary/aromatic N) is 2. The summed E-state index contributed by atoms with van der Waals surface area (Å²) in [6.45, 7) is 9.00. The molecule has 1 fully saturated rings. The van der Waals surface area contributed by atoms with Crippen LogP contribution in [0.25, 0.3) is 0 Å². The highest BCUT2D eigenvalue weighted by molar-refractivity contribution is 5.89. The summed E-state index contributed by atoms with van der Waals surface area (Å²) < 4.78 is 9.67. The van der Waals surface area contributed by atoms with Crippen molar-refractivity contribution in [3.8, 4) is 0 Å². The standard InChI is InChI=1S/C21H38N4O6/c1-14(2)18(22-16(26)12-30-5)20(28)24-8-7-9-25(11-10-24)21(29)19(15(3)4)23-17(27)13-31-6/h14-15,18-19H,7-13H2,1-6H3,(H,22,26)(H,23,27)/t18-,19-/m0/s1. The van der Waals surface area contributed by atoms with Gasteiger partial charge in [0.2, 0.25) is 23.6 Å². The second-order valence-electron chi connectivity index (χ2n) is 8.45. The molecule has 10 heteroatoms. The van der Waals surface area contributed by atoms with Crippen molar-refractivity contribution >= 4 is 23.6 Å². The van der Waals surface area contributed by atoms with Crippen molar-refractivity contribution < 1.29 is 28.7 Å². The summed E-state index contributed by atoms with van der Waals surface area (Å²) in [5.74, 6) is -1.18. The van der Waals surface area contributed by atoms with Gasteiger partial charge in [-0.2, -0.15) is 0 Å². The molecule has 1 rings (SSSR count). The van der Waals surface area contributed by atoms with Crippen LogP contribution in [0.5, 0.6) is 0 Å².